The average Bonchev–Trinajstić information content (AvgIpc) is 3.07. The highest BCUT2D eigenvalue weighted by atomic mass is 32.2. The number of benzene rings is 1. The Balaban J connectivity index is 1.71. The van der Waals surface area contributed by atoms with Crippen molar-refractivity contribution in [2.45, 2.75) is 30.3 Å². The summed E-state index contributed by atoms with van der Waals surface area (Å²) in [5.74, 6) is 0. The lowest BCUT2D eigenvalue weighted by Crippen LogP contribution is -2.25. The summed E-state index contributed by atoms with van der Waals surface area (Å²) in [6.45, 7) is 0.586. The van der Waals surface area contributed by atoms with Crippen molar-refractivity contribution in [2.24, 2.45) is 0 Å². The minimum Gasteiger partial charge on any atom is -0.379 e. The molecule has 1 heterocycles. The fraction of sp³-hybridized carbons (Fsp3) is 0.308. The zero-order chi connectivity index (χ0) is 14.0. The molecule has 0 spiro atoms. The first kappa shape index (κ1) is 13.5. The number of sulfonamides is 1. The van der Waals surface area contributed by atoms with E-state index in [0.29, 0.717) is 11.4 Å². The molecular formula is C13H15N3O2S2. The summed E-state index contributed by atoms with van der Waals surface area (Å²) in [6.07, 6.45) is 1.86. The molecule has 0 saturated heterocycles. The highest BCUT2D eigenvalue weighted by molar-refractivity contribution is 7.89. The smallest absolute Gasteiger partial charge is 0.240 e. The van der Waals surface area contributed by atoms with Crippen LogP contribution >= 0.6 is 11.3 Å². The van der Waals surface area contributed by atoms with Crippen LogP contribution in [-0.2, 0) is 16.6 Å². The van der Waals surface area contributed by atoms with E-state index in [4.69, 9.17) is 0 Å². The summed E-state index contributed by atoms with van der Waals surface area (Å²) in [5, 5.41) is 5.14. The zero-order valence-corrected chi connectivity index (χ0v) is 12.4. The van der Waals surface area contributed by atoms with Crippen molar-refractivity contribution in [3.63, 3.8) is 0 Å². The maximum Gasteiger partial charge on any atom is 0.240 e. The van der Waals surface area contributed by atoms with E-state index >= 15 is 0 Å². The lowest BCUT2D eigenvalue weighted by atomic mass is 10.3. The largest absolute Gasteiger partial charge is 0.379 e. The van der Waals surface area contributed by atoms with Crippen LogP contribution in [0, 0.1) is 0 Å². The molecule has 0 bridgehead atoms. The van der Waals surface area contributed by atoms with Gasteiger partial charge in [-0.1, -0.05) is 6.07 Å². The van der Waals surface area contributed by atoms with Crippen molar-refractivity contribution >= 4 is 27.0 Å². The number of anilines is 1. The Kier molecular flexibility index (Phi) is 3.73. The van der Waals surface area contributed by atoms with Crippen LogP contribution in [-0.4, -0.2) is 19.4 Å². The van der Waals surface area contributed by atoms with E-state index in [1.807, 2.05) is 11.4 Å². The van der Waals surface area contributed by atoms with Gasteiger partial charge in [0.1, 0.15) is 0 Å². The molecule has 0 radical (unpaired) electrons. The van der Waals surface area contributed by atoms with E-state index in [9.17, 15) is 8.42 Å². The molecule has 3 rings (SSSR count). The molecule has 2 N–H and O–H groups in total. The van der Waals surface area contributed by atoms with Crippen molar-refractivity contribution < 1.29 is 8.42 Å². The number of hydrogen-bond donors (Lipinski definition) is 2. The van der Waals surface area contributed by atoms with Crippen molar-refractivity contribution in [3.8, 4) is 0 Å². The van der Waals surface area contributed by atoms with Gasteiger partial charge < -0.3 is 5.32 Å². The first-order valence-corrected chi connectivity index (χ1v) is 8.79. The summed E-state index contributed by atoms with van der Waals surface area (Å²) in [7, 11) is -3.40. The van der Waals surface area contributed by atoms with E-state index in [-0.39, 0.29) is 6.04 Å². The van der Waals surface area contributed by atoms with Crippen LogP contribution in [0.5, 0.6) is 0 Å². The molecular weight excluding hydrogens is 294 g/mol. The molecule has 106 valence electrons. The minimum absolute atomic E-state index is 0.117. The third-order valence-corrected chi connectivity index (χ3v) is 5.15. The SMILES string of the molecule is O=S(=O)(NC1CC1)c1cccc(NCc2cscn2)c1. The Morgan fingerprint density at radius 2 is 2.20 bits per heavy atom. The van der Waals surface area contributed by atoms with E-state index in [2.05, 4.69) is 15.0 Å². The number of aromatic nitrogens is 1. The van der Waals surface area contributed by atoms with Gasteiger partial charge in [-0.15, -0.1) is 11.3 Å². The summed E-state index contributed by atoms with van der Waals surface area (Å²) >= 11 is 1.54. The number of hydrogen-bond acceptors (Lipinski definition) is 5. The Morgan fingerprint density at radius 3 is 2.90 bits per heavy atom. The molecule has 1 fully saturated rings. The maximum atomic E-state index is 12.1. The molecule has 1 aliphatic carbocycles. The molecule has 0 atom stereocenters. The molecule has 20 heavy (non-hydrogen) atoms. The topological polar surface area (TPSA) is 71.1 Å². The molecule has 0 amide bonds. The van der Waals surface area contributed by atoms with Crippen molar-refractivity contribution in [2.75, 3.05) is 5.32 Å². The fourth-order valence-electron chi connectivity index (χ4n) is 1.78. The predicted molar refractivity (Wildman–Crippen MR) is 79.2 cm³/mol. The number of rotatable bonds is 6. The lowest BCUT2D eigenvalue weighted by Gasteiger charge is -2.09. The highest BCUT2D eigenvalue weighted by Crippen LogP contribution is 2.23. The summed E-state index contributed by atoms with van der Waals surface area (Å²) in [5.41, 5.74) is 3.49. The van der Waals surface area contributed by atoms with Gasteiger partial charge in [0.05, 0.1) is 22.6 Å². The van der Waals surface area contributed by atoms with Crippen molar-refractivity contribution in [1.82, 2.24) is 9.71 Å². The molecule has 0 aliphatic heterocycles. The molecule has 1 aliphatic rings. The van der Waals surface area contributed by atoms with Crippen LogP contribution in [0.25, 0.3) is 0 Å². The first-order chi connectivity index (χ1) is 9.63. The predicted octanol–water partition coefficient (Wildman–Crippen LogP) is 2.20. The van der Waals surface area contributed by atoms with Crippen LogP contribution in [0.2, 0.25) is 0 Å². The third-order valence-electron chi connectivity index (χ3n) is 3.00. The van der Waals surface area contributed by atoms with Gasteiger partial charge in [-0.25, -0.2) is 18.1 Å². The van der Waals surface area contributed by atoms with Gasteiger partial charge in [0, 0.05) is 17.1 Å². The van der Waals surface area contributed by atoms with Gasteiger partial charge >= 0.3 is 0 Å². The van der Waals surface area contributed by atoms with E-state index < -0.39 is 10.0 Å². The Labute approximate surface area is 122 Å². The summed E-state index contributed by atoms with van der Waals surface area (Å²) < 4.78 is 26.9. The molecule has 5 nitrogen and oxygen atoms in total. The second-order valence-electron chi connectivity index (χ2n) is 4.76. The first-order valence-electron chi connectivity index (χ1n) is 6.37. The molecule has 1 saturated carbocycles. The van der Waals surface area contributed by atoms with Crippen molar-refractivity contribution in [3.05, 3.63) is 40.8 Å². The Hall–Kier alpha value is -1.44. The summed E-state index contributed by atoms with van der Waals surface area (Å²) in [4.78, 5) is 4.47. The normalized spacial score (nSPS) is 15.2. The molecule has 2 aromatic rings. The Bertz CT molecular complexity index is 679. The monoisotopic (exact) mass is 309 g/mol. The minimum atomic E-state index is -3.40. The van der Waals surface area contributed by atoms with Gasteiger partial charge in [0.15, 0.2) is 0 Å². The average molecular weight is 309 g/mol. The third kappa shape index (κ3) is 3.36. The van der Waals surface area contributed by atoms with Gasteiger partial charge in [-0.05, 0) is 31.0 Å². The van der Waals surface area contributed by atoms with Crippen LogP contribution in [0.3, 0.4) is 0 Å². The number of nitrogens with one attached hydrogen (secondary N) is 2. The fourth-order valence-corrected chi connectivity index (χ4v) is 3.69. The van der Waals surface area contributed by atoms with E-state index in [0.717, 1.165) is 24.2 Å². The van der Waals surface area contributed by atoms with Gasteiger partial charge in [0.25, 0.3) is 0 Å². The van der Waals surface area contributed by atoms with Gasteiger partial charge in [-0.2, -0.15) is 0 Å². The number of thiazole rings is 1. The highest BCUT2D eigenvalue weighted by Gasteiger charge is 2.27. The van der Waals surface area contributed by atoms with Crippen LogP contribution in [0.4, 0.5) is 5.69 Å². The second-order valence-corrected chi connectivity index (χ2v) is 7.19. The van der Waals surface area contributed by atoms with Crippen LogP contribution in [0.1, 0.15) is 18.5 Å². The van der Waals surface area contributed by atoms with E-state index in [1.54, 1.807) is 23.7 Å². The molecule has 0 unspecified atom stereocenters. The Morgan fingerprint density at radius 1 is 1.35 bits per heavy atom. The molecule has 1 aromatic carbocycles. The van der Waals surface area contributed by atoms with Gasteiger partial charge in [0.2, 0.25) is 10.0 Å². The standard InChI is InChI=1S/C13H15N3O2S2/c17-20(18,16-10-4-5-10)13-3-1-2-11(6-13)14-7-12-8-19-9-15-12/h1-3,6,8-10,14,16H,4-5,7H2. The van der Waals surface area contributed by atoms with Gasteiger partial charge in [-0.3, -0.25) is 0 Å². The van der Waals surface area contributed by atoms with E-state index in [1.165, 1.54) is 11.3 Å². The quantitative estimate of drug-likeness (QED) is 0.858. The van der Waals surface area contributed by atoms with Crippen molar-refractivity contribution in [1.29, 1.82) is 0 Å². The lowest BCUT2D eigenvalue weighted by molar-refractivity contribution is 0.581. The zero-order valence-electron chi connectivity index (χ0n) is 10.7. The maximum absolute atomic E-state index is 12.1. The second kappa shape index (κ2) is 5.51. The molecule has 1 aromatic heterocycles. The molecule has 7 heteroatoms. The summed E-state index contributed by atoms with van der Waals surface area (Å²) in [6, 6.07) is 6.97. The van der Waals surface area contributed by atoms with Crippen LogP contribution in [0.15, 0.2) is 40.1 Å². The number of nitrogens with zero attached hydrogens (tertiary/aromatic N) is 1. The van der Waals surface area contributed by atoms with Crippen LogP contribution < -0.4 is 10.0 Å².